The lowest BCUT2D eigenvalue weighted by Crippen LogP contribution is -2.17. The van der Waals surface area contributed by atoms with Gasteiger partial charge in [-0.15, -0.1) is 0 Å². The second kappa shape index (κ2) is 3.18. The molecule has 0 aromatic carbocycles. The van der Waals surface area contributed by atoms with Crippen molar-refractivity contribution in [2.75, 3.05) is 0 Å². The summed E-state index contributed by atoms with van der Waals surface area (Å²) in [6.45, 7) is 3.02. The molecule has 2 aliphatic rings. The molecule has 60 valence electrons. The molecular formula is C11H13B. The highest BCUT2D eigenvalue weighted by molar-refractivity contribution is 6.63. The van der Waals surface area contributed by atoms with Crippen molar-refractivity contribution < 1.29 is 0 Å². The van der Waals surface area contributed by atoms with Gasteiger partial charge in [0.15, 0.2) is 6.71 Å². The van der Waals surface area contributed by atoms with Gasteiger partial charge in [0.25, 0.3) is 0 Å². The molecule has 0 bridgehead atoms. The molecule has 0 saturated heterocycles. The summed E-state index contributed by atoms with van der Waals surface area (Å²) in [6, 6.07) is 0. The molecule has 0 N–H and O–H groups in total. The highest BCUT2D eigenvalue weighted by Crippen LogP contribution is 2.30. The Morgan fingerprint density at radius 3 is 1.42 bits per heavy atom. The first kappa shape index (κ1) is 7.66. The molecule has 0 fully saturated rings. The predicted molar refractivity (Wildman–Crippen MR) is 55.7 cm³/mol. The Labute approximate surface area is 74.4 Å². The zero-order valence-electron chi connectivity index (χ0n) is 7.35. The average Bonchev–Trinajstić information content (AvgIpc) is 2.77. The molecule has 0 unspecified atom stereocenters. The van der Waals surface area contributed by atoms with Gasteiger partial charge in [-0.25, -0.2) is 0 Å². The molecule has 0 nitrogen and oxygen atoms in total. The van der Waals surface area contributed by atoms with Gasteiger partial charge in [0.05, 0.1) is 0 Å². The fourth-order valence-corrected chi connectivity index (χ4v) is 1.86. The van der Waals surface area contributed by atoms with E-state index in [-0.39, 0.29) is 0 Å². The van der Waals surface area contributed by atoms with Crippen molar-refractivity contribution in [1.29, 1.82) is 0 Å². The van der Waals surface area contributed by atoms with Crippen molar-refractivity contribution in [2.45, 2.75) is 18.5 Å². The summed E-state index contributed by atoms with van der Waals surface area (Å²) < 4.78 is 0. The van der Waals surface area contributed by atoms with Gasteiger partial charge in [0, 0.05) is 0 Å². The van der Waals surface area contributed by atoms with Crippen molar-refractivity contribution in [1.82, 2.24) is 0 Å². The van der Waals surface area contributed by atoms with Crippen LogP contribution in [0, 0.1) is 0 Å². The topological polar surface area (TPSA) is 0 Å². The minimum Gasteiger partial charge on any atom is -0.0849 e. The third kappa shape index (κ3) is 1.31. The normalized spacial score (nSPS) is 21.4. The van der Waals surface area contributed by atoms with Crippen molar-refractivity contribution in [3.05, 3.63) is 48.6 Å². The van der Waals surface area contributed by atoms with Crippen molar-refractivity contribution in [2.24, 2.45) is 0 Å². The molecule has 2 aliphatic carbocycles. The molecule has 0 aromatic rings. The Balaban J connectivity index is 2.04. The zero-order valence-corrected chi connectivity index (χ0v) is 7.35. The fraction of sp³-hybridized carbons (Fsp3) is 0.273. The predicted octanol–water partition coefficient (Wildman–Crippen LogP) is 3.10. The maximum atomic E-state index is 2.31. The smallest absolute Gasteiger partial charge is 0.0849 e. The summed E-state index contributed by atoms with van der Waals surface area (Å²) >= 11 is 0. The minimum absolute atomic E-state index is 0.641. The van der Waals surface area contributed by atoms with Gasteiger partial charge in [0.2, 0.25) is 0 Å². The Hall–Kier alpha value is -0.975. The molecule has 0 radical (unpaired) electrons. The van der Waals surface area contributed by atoms with Gasteiger partial charge in [-0.1, -0.05) is 55.4 Å². The fourth-order valence-electron chi connectivity index (χ4n) is 1.86. The Kier molecular flexibility index (Phi) is 2.03. The van der Waals surface area contributed by atoms with E-state index in [4.69, 9.17) is 0 Å². The first-order valence-corrected chi connectivity index (χ1v) is 4.58. The van der Waals surface area contributed by atoms with E-state index in [0.717, 1.165) is 0 Å². The number of allylic oxidation sites excluding steroid dienone is 8. The van der Waals surface area contributed by atoms with Crippen LogP contribution >= 0.6 is 0 Å². The molecule has 0 spiro atoms. The second-order valence-electron chi connectivity index (χ2n) is 3.55. The number of hydrogen-bond acceptors (Lipinski definition) is 0. The summed E-state index contributed by atoms with van der Waals surface area (Å²) in [7, 11) is 0. The van der Waals surface area contributed by atoms with E-state index in [1.165, 1.54) is 0 Å². The number of rotatable bonds is 2. The second-order valence-corrected chi connectivity index (χ2v) is 3.55. The van der Waals surface area contributed by atoms with E-state index in [0.29, 0.717) is 18.3 Å². The molecule has 12 heavy (non-hydrogen) atoms. The van der Waals surface area contributed by atoms with E-state index in [1.807, 2.05) is 0 Å². The van der Waals surface area contributed by atoms with Crippen LogP contribution < -0.4 is 0 Å². The van der Waals surface area contributed by atoms with Crippen molar-refractivity contribution >= 4 is 6.71 Å². The Morgan fingerprint density at radius 1 is 0.750 bits per heavy atom. The van der Waals surface area contributed by atoms with Crippen molar-refractivity contribution in [3.63, 3.8) is 0 Å². The lowest BCUT2D eigenvalue weighted by Gasteiger charge is -2.16. The molecule has 0 aliphatic heterocycles. The van der Waals surface area contributed by atoms with Crippen LogP contribution in [0.5, 0.6) is 0 Å². The van der Waals surface area contributed by atoms with Crippen LogP contribution in [-0.2, 0) is 0 Å². The largest absolute Gasteiger partial charge is 0.161 e. The Morgan fingerprint density at radius 2 is 1.08 bits per heavy atom. The molecule has 0 atom stereocenters. The highest BCUT2D eigenvalue weighted by Gasteiger charge is 2.24. The van der Waals surface area contributed by atoms with Crippen molar-refractivity contribution in [3.8, 4) is 0 Å². The van der Waals surface area contributed by atoms with Gasteiger partial charge in [0.1, 0.15) is 0 Å². The summed E-state index contributed by atoms with van der Waals surface area (Å²) in [4.78, 5) is 0. The summed E-state index contributed by atoms with van der Waals surface area (Å²) in [6.07, 6.45) is 17.7. The first-order chi connectivity index (χ1) is 5.88. The molecule has 2 rings (SSSR count). The van der Waals surface area contributed by atoms with Crippen LogP contribution in [-0.4, -0.2) is 6.71 Å². The highest BCUT2D eigenvalue weighted by atomic mass is 14.0. The zero-order chi connectivity index (χ0) is 8.39. The lowest BCUT2D eigenvalue weighted by molar-refractivity contribution is 1.23. The molecule has 0 aromatic heterocycles. The van der Waals surface area contributed by atoms with E-state index < -0.39 is 0 Å². The van der Waals surface area contributed by atoms with E-state index >= 15 is 0 Å². The first-order valence-electron chi connectivity index (χ1n) is 4.58. The Bertz CT molecular complexity index is 219. The van der Waals surface area contributed by atoms with E-state index in [1.54, 1.807) is 0 Å². The van der Waals surface area contributed by atoms with Gasteiger partial charge in [-0.05, 0) is 11.6 Å². The van der Waals surface area contributed by atoms with Crippen LogP contribution in [0.25, 0.3) is 0 Å². The van der Waals surface area contributed by atoms with Crippen LogP contribution in [0.15, 0.2) is 48.6 Å². The molecule has 0 saturated carbocycles. The third-order valence-corrected chi connectivity index (χ3v) is 2.77. The van der Waals surface area contributed by atoms with Crippen LogP contribution in [0.4, 0.5) is 0 Å². The van der Waals surface area contributed by atoms with Crippen LogP contribution in [0.1, 0.15) is 0 Å². The minimum atomic E-state index is 0.641. The summed E-state index contributed by atoms with van der Waals surface area (Å²) in [5, 5.41) is 0. The lowest BCUT2D eigenvalue weighted by atomic mass is 9.36. The van der Waals surface area contributed by atoms with Gasteiger partial charge >= 0.3 is 0 Å². The summed E-state index contributed by atoms with van der Waals surface area (Å²) in [5.74, 6) is 1.28. The number of hydrogen-bond donors (Lipinski definition) is 0. The standard InChI is InChI=1S/C11H13B/c1-12(10-6-2-3-7-10)11-8-4-5-9-11/h2-11H,1H3. The van der Waals surface area contributed by atoms with Gasteiger partial charge < -0.3 is 0 Å². The summed E-state index contributed by atoms with van der Waals surface area (Å²) in [5.41, 5.74) is 0. The monoisotopic (exact) mass is 156 g/mol. The van der Waals surface area contributed by atoms with E-state index in [9.17, 15) is 0 Å². The quantitative estimate of drug-likeness (QED) is 0.539. The molecule has 0 amide bonds. The molecule has 0 heterocycles. The van der Waals surface area contributed by atoms with Crippen LogP contribution in [0.3, 0.4) is 0 Å². The average molecular weight is 156 g/mol. The van der Waals surface area contributed by atoms with Gasteiger partial charge in [-0.2, -0.15) is 0 Å². The van der Waals surface area contributed by atoms with Gasteiger partial charge in [-0.3, -0.25) is 0 Å². The SMILES string of the molecule is CB(C1C=CC=C1)C1C=CC=C1. The van der Waals surface area contributed by atoms with Crippen LogP contribution in [0.2, 0.25) is 18.5 Å². The maximum Gasteiger partial charge on any atom is 0.161 e. The molecular weight excluding hydrogens is 143 g/mol. The third-order valence-electron chi connectivity index (χ3n) is 2.77. The van der Waals surface area contributed by atoms with E-state index in [2.05, 4.69) is 55.4 Å². The maximum absolute atomic E-state index is 2.31. The molecule has 1 heteroatoms.